The Bertz CT molecular complexity index is 1060. The zero-order valence-corrected chi connectivity index (χ0v) is 15.9. The quantitative estimate of drug-likeness (QED) is 0.613. The van der Waals surface area contributed by atoms with Gasteiger partial charge in [0.25, 0.3) is 5.91 Å². The first-order valence-corrected chi connectivity index (χ1v) is 9.11. The minimum absolute atomic E-state index is 0.0587. The van der Waals surface area contributed by atoms with Crippen molar-refractivity contribution in [2.24, 2.45) is 0 Å². The molecule has 0 aliphatic carbocycles. The van der Waals surface area contributed by atoms with Crippen LogP contribution in [0.15, 0.2) is 57.7 Å². The fourth-order valence-electron chi connectivity index (χ4n) is 2.83. The van der Waals surface area contributed by atoms with Crippen molar-refractivity contribution in [3.8, 4) is 0 Å². The number of hydrogen-bond acceptors (Lipinski definition) is 5. The monoisotopic (exact) mass is 402 g/mol. The summed E-state index contributed by atoms with van der Waals surface area (Å²) in [5.74, 6) is -1.57. The van der Waals surface area contributed by atoms with Crippen molar-refractivity contribution < 1.29 is 18.7 Å². The molecular formula is C20H19ClN2O5. The Morgan fingerprint density at radius 1 is 1.18 bits per heavy atom. The summed E-state index contributed by atoms with van der Waals surface area (Å²) < 4.78 is 11.5. The van der Waals surface area contributed by atoms with Gasteiger partial charge in [-0.2, -0.15) is 0 Å². The number of aromatic nitrogens is 1. The topological polar surface area (TPSA) is 90.5 Å². The van der Waals surface area contributed by atoms with Gasteiger partial charge in [-0.05, 0) is 30.7 Å². The van der Waals surface area contributed by atoms with Crippen LogP contribution in [0.25, 0.3) is 11.1 Å². The Morgan fingerprint density at radius 3 is 2.68 bits per heavy atom. The van der Waals surface area contributed by atoms with Gasteiger partial charge in [0.2, 0.25) is 0 Å². The van der Waals surface area contributed by atoms with Gasteiger partial charge < -0.3 is 14.5 Å². The molecule has 3 rings (SSSR count). The molecule has 3 aromatic rings. The molecule has 0 bridgehead atoms. The van der Waals surface area contributed by atoms with Gasteiger partial charge >= 0.3 is 11.7 Å². The maximum Gasteiger partial charge on any atom is 0.419 e. The fraction of sp³-hybridized carbons (Fsp3) is 0.250. The molecule has 146 valence electrons. The molecular weight excluding hydrogens is 384 g/mol. The third-order valence-electron chi connectivity index (χ3n) is 4.23. The number of rotatable bonds is 7. The van der Waals surface area contributed by atoms with E-state index in [1.54, 1.807) is 43.3 Å². The number of nitrogens with zero attached hydrogens (tertiary/aromatic N) is 1. The molecule has 0 saturated heterocycles. The number of halogens is 1. The van der Waals surface area contributed by atoms with E-state index in [-0.39, 0.29) is 19.0 Å². The van der Waals surface area contributed by atoms with E-state index in [1.165, 1.54) is 4.57 Å². The number of para-hydroxylation sites is 2. The van der Waals surface area contributed by atoms with Gasteiger partial charge in [-0.15, -0.1) is 0 Å². The van der Waals surface area contributed by atoms with Crippen LogP contribution in [0.3, 0.4) is 0 Å². The average Bonchev–Trinajstić information content (AvgIpc) is 3.00. The lowest BCUT2D eigenvalue weighted by molar-refractivity contribution is -0.148. The first-order chi connectivity index (χ1) is 13.5. The van der Waals surface area contributed by atoms with Crippen molar-refractivity contribution in [2.45, 2.75) is 25.9 Å². The molecule has 0 fully saturated rings. The highest BCUT2D eigenvalue weighted by atomic mass is 35.5. The number of ether oxygens (including phenoxy) is 1. The smallest absolute Gasteiger partial charge is 0.419 e. The van der Waals surface area contributed by atoms with E-state index in [4.69, 9.17) is 20.8 Å². The number of carbonyl (C=O) groups is 2. The molecule has 0 radical (unpaired) electrons. The molecule has 1 aromatic heterocycles. The van der Waals surface area contributed by atoms with E-state index in [0.29, 0.717) is 16.1 Å². The number of nitrogens with one attached hydrogen (secondary N) is 1. The van der Waals surface area contributed by atoms with Crippen LogP contribution in [0.1, 0.15) is 24.9 Å². The van der Waals surface area contributed by atoms with Crippen molar-refractivity contribution >= 4 is 34.6 Å². The van der Waals surface area contributed by atoms with E-state index < -0.39 is 24.2 Å². The highest BCUT2D eigenvalue weighted by Gasteiger charge is 2.15. The highest BCUT2D eigenvalue weighted by molar-refractivity contribution is 6.31. The lowest BCUT2D eigenvalue weighted by atomic mass is 10.1. The summed E-state index contributed by atoms with van der Waals surface area (Å²) in [6, 6.07) is 13.8. The Balaban J connectivity index is 1.49. The summed E-state index contributed by atoms with van der Waals surface area (Å²) >= 11 is 6.10. The van der Waals surface area contributed by atoms with Crippen LogP contribution < -0.4 is 11.1 Å². The molecule has 7 nitrogen and oxygen atoms in total. The van der Waals surface area contributed by atoms with E-state index in [9.17, 15) is 14.4 Å². The van der Waals surface area contributed by atoms with E-state index in [0.717, 1.165) is 5.56 Å². The zero-order valence-electron chi connectivity index (χ0n) is 15.2. The number of amides is 1. The van der Waals surface area contributed by atoms with Gasteiger partial charge in [0, 0.05) is 11.6 Å². The van der Waals surface area contributed by atoms with E-state index in [2.05, 4.69) is 5.32 Å². The molecule has 0 aliphatic rings. The third-order valence-corrected chi connectivity index (χ3v) is 4.57. The van der Waals surface area contributed by atoms with Crippen LogP contribution in [0.5, 0.6) is 0 Å². The van der Waals surface area contributed by atoms with Crippen LogP contribution in [0.2, 0.25) is 5.02 Å². The second-order valence-corrected chi connectivity index (χ2v) is 6.62. The van der Waals surface area contributed by atoms with Gasteiger partial charge in [0.05, 0.1) is 18.0 Å². The fourth-order valence-corrected chi connectivity index (χ4v) is 3.13. The molecule has 8 heteroatoms. The van der Waals surface area contributed by atoms with Crippen molar-refractivity contribution in [1.82, 2.24) is 9.88 Å². The third kappa shape index (κ3) is 4.61. The van der Waals surface area contributed by atoms with Crippen LogP contribution in [0, 0.1) is 0 Å². The Morgan fingerprint density at radius 2 is 1.89 bits per heavy atom. The minimum atomic E-state index is -0.585. The van der Waals surface area contributed by atoms with Crippen molar-refractivity contribution in [3.63, 3.8) is 0 Å². The minimum Gasteiger partial charge on any atom is -0.456 e. The van der Waals surface area contributed by atoms with Crippen molar-refractivity contribution in [2.75, 3.05) is 6.61 Å². The number of benzene rings is 2. The summed E-state index contributed by atoms with van der Waals surface area (Å²) in [5.41, 5.74) is 1.83. The molecule has 28 heavy (non-hydrogen) atoms. The molecule has 1 atom stereocenters. The first-order valence-electron chi connectivity index (χ1n) is 8.73. The summed E-state index contributed by atoms with van der Waals surface area (Å²) in [5, 5.41) is 3.27. The number of hydrogen-bond donors (Lipinski definition) is 1. The second-order valence-electron chi connectivity index (χ2n) is 6.21. The lowest BCUT2D eigenvalue weighted by Gasteiger charge is -2.15. The number of esters is 1. The lowest BCUT2D eigenvalue weighted by Crippen LogP contribution is -2.31. The largest absolute Gasteiger partial charge is 0.456 e. The van der Waals surface area contributed by atoms with Gasteiger partial charge in [-0.3, -0.25) is 14.2 Å². The molecule has 0 aliphatic heterocycles. The Kier molecular flexibility index (Phi) is 6.16. The van der Waals surface area contributed by atoms with Crippen LogP contribution >= 0.6 is 11.6 Å². The van der Waals surface area contributed by atoms with Crippen LogP contribution in [0.4, 0.5) is 0 Å². The average molecular weight is 403 g/mol. The van der Waals surface area contributed by atoms with Gasteiger partial charge in [-0.1, -0.05) is 41.9 Å². The first kappa shape index (κ1) is 19.7. The van der Waals surface area contributed by atoms with Crippen LogP contribution in [-0.4, -0.2) is 23.1 Å². The summed E-state index contributed by atoms with van der Waals surface area (Å²) in [6.07, 6.45) is -0.0587. The molecule has 1 amide bonds. The van der Waals surface area contributed by atoms with Gasteiger partial charge in [-0.25, -0.2) is 4.79 Å². The SMILES string of the molecule is C[C@@H](NC(=O)COC(=O)CCn1c(=O)oc2ccccc21)c1ccccc1Cl. The summed E-state index contributed by atoms with van der Waals surface area (Å²) in [7, 11) is 0. The molecule has 0 unspecified atom stereocenters. The summed E-state index contributed by atoms with van der Waals surface area (Å²) in [4.78, 5) is 35.8. The zero-order chi connectivity index (χ0) is 20.1. The summed E-state index contributed by atoms with van der Waals surface area (Å²) in [6.45, 7) is 1.48. The van der Waals surface area contributed by atoms with E-state index in [1.807, 2.05) is 12.1 Å². The predicted octanol–water partition coefficient (Wildman–Crippen LogP) is 3.06. The number of carbonyl (C=O) groups excluding carboxylic acids is 2. The second kappa shape index (κ2) is 8.75. The van der Waals surface area contributed by atoms with Gasteiger partial charge in [0.1, 0.15) is 0 Å². The number of oxazole rings is 1. The maximum atomic E-state index is 12.0. The molecule has 0 saturated carbocycles. The maximum absolute atomic E-state index is 12.0. The number of fused-ring (bicyclic) bond motifs is 1. The number of aryl methyl sites for hydroxylation is 1. The predicted molar refractivity (Wildman–Crippen MR) is 104 cm³/mol. The molecule has 1 heterocycles. The van der Waals surface area contributed by atoms with Crippen LogP contribution in [-0.2, 0) is 20.9 Å². The van der Waals surface area contributed by atoms with E-state index >= 15 is 0 Å². The van der Waals surface area contributed by atoms with Crippen molar-refractivity contribution in [3.05, 3.63) is 69.7 Å². The highest BCUT2D eigenvalue weighted by Crippen LogP contribution is 2.21. The van der Waals surface area contributed by atoms with Crippen molar-refractivity contribution in [1.29, 1.82) is 0 Å². The standard InChI is InChI=1S/C20H19ClN2O5/c1-13(14-6-2-3-7-15(14)21)22-18(24)12-27-19(25)10-11-23-16-8-4-5-9-17(16)28-20(23)26/h2-9,13H,10-12H2,1H3,(H,22,24)/t13-/m1/s1. The molecule has 2 aromatic carbocycles. The Hall–Kier alpha value is -3.06. The Labute approximate surface area is 165 Å². The molecule has 0 spiro atoms. The molecule has 1 N–H and O–H groups in total. The normalized spacial score (nSPS) is 11.9. The van der Waals surface area contributed by atoms with Gasteiger partial charge in [0.15, 0.2) is 12.2 Å².